The van der Waals surface area contributed by atoms with E-state index >= 15 is 0 Å². The first-order valence-electron chi connectivity index (χ1n) is 6.85. The zero-order valence-electron chi connectivity index (χ0n) is 12.0. The number of hydrogen-bond acceptors (Lipinski definition) is 4. The van der Waals surface area contributed by atoms with Crippen LogP contribution in [0.15, 0.2) is 33.9 Å². The molecule has 6 heteroatoms. The fourth-order valence-electron chi connectivity index (χ4n) is 2.79. The fourth-order valence-corrected chi connectivity index (χ4v) is 3.25. The molecular weight excluding hydrogens is 332 g/mol. The van der Waals surface area contributed by atoms with Gasteiger partial charge in [-0.25, -0.2) is 0 Å². The van der Waals surface area contributed by atoms with E-state index in [2.05, 4.69) is 37.2 Å². The zero-order valence-corrected chi connectivity index (χ0v) is 13.6. The van der Waals surface area contributed by atoms with Crippen molar-refractivity contribution in [2.75, 3.05) is 11.4 Å². The highest BCUT2D eigenvalue weighted by atomic mass is 79.9. The molecular formula is C15H17BrN4O. The van der Waals surface area contributed by atoms with Gasteiger partial charge in [-0.3, -0.25) is 4.68 Å². The summed E-state index contributed by atoms with van der Waals surface area (Å²) < 4.78 is 2.97. The highest BCUT2D eigenvalue weighted by Gasteiger charge is 2.23. The summed E-state index contributed by atoms with van der Waals surface area (Å²) in [7, 11) is 1.96. The molecule has 1 aromatic carbocycles. The van der Waals surface area contributed by atoms with E-state index in [-0.39, 0.29) is 0 Å². The second-order valence-electron chi connectivity index (χ2n) is 5.21. The molecule has 0 fully saturated rings. The van der Waals surface area contributed by atoms with Gasteiger partial charge in [0.15, 0.2) is 0 Å². The molecule has 1 aliphatic rings. The average Bonchev–Trinajstić information content (AvgIpc) is 2.74. The Bertz CT molecular complexity index is 708. The van der Waals surface area contributed by atoms with Gasteiger partial charge in [-0.15, -0.1) is 0 Å². The van der Waals surface area contributed by atoms with Gasteiger partial charge in [0, 0.05) is 31.3 Å². The number of fused-ring (bicyclic) bond motifs is 1. The third kappa shape index (κ3) is 2.44. The number of hydrogen-bond donors (Lipinski definition) is 1. The largest absolute Gasteiger partial charge is 0.411 e. The molecule has 110 valence electrons. The van der Waals surface area contributed by atoms with Crippen molar-refractivity contribution in [3.63, 3.8) is 0 Å². The van der Waals surface area contributed by atoms with Crippen LogP contribution in [-0.4, -0.2) is 27.2 Å². The van der Waals surface area contributed by atoms with Crippen LogP contribution >= 0.6 is 15.9 Å². The minimum atomic E-state index is 0.738. The van der Waals surface area contributed by atoms with Gasteiger partial charge < -0.3 is 10.1 Å². The van der Waals surface area contributed by atoms with Gasteiger partial charge in [-0.05, 0) is 28.9 Å². The molecule has 2 heterocycles. The number of para-hydroxylation sites is 1. The summed E-state index contributed by atoms with van der Waals surface area (Å²) in [6.45, 7) is 3.59. The van der Waals surface area contributed by atoms with Crippen molar-refractivity contribution in [1.29, 1.82) is 0 Å². The van der Waals surface area contributed by atoms with Gasteiger partial charge in [0.2, 0.25) is 0 Å². The van der Waals surface area contributed by atoms with E-state index in [1.807, 2.05) is 36.9 Å². The molecule has 1 aliphatic heterocycles. The molecule has 1 N–H and O–H groups in total. The summed E-state index contributed by atoms with van der Waals surface area (Å²) in [5.41, 5.74) is 4.99. The first-order chi connectivity index (χ1) is 10.1. The normalized spacial score (nSPS) is 16.3. The Hall–Kier alpha value is -1.82. The van der Waals surface area contributed by atoms with Crippen LogP contribution in [-0.2, 0) is 13.6 Å². The molecule has 0 atom stereocenters. The lowest BCUT2D eigenvalue weighted by molar-refractivity contribution is 0.317. The summed E-state index contributed by atoms with van der Waals surface area (Å²) in [6, 6.07) is 8.05. The molecule has 0 radical (unpaired) electrons. The number of anilines is 1. The summed E-state index contributed by atoms with van der Waals surface area (Å²) >= 11 is 3.62. The van der Waals surface area contributed by atoms with E-state index in [1.165, 1.54) is 0 Å². The third-order valence-electron chi connectivity index (χ3n) is 3.90. The smallest absolute Gasteiger partial charge is 0.0906 e. The number of aromatic nitrogens is 2. The lowest BCUT2D eigenvalue weighted by atomic mass is 9.99. The molecule has 3 rings (SSSR count). The van der Waals surface area contributed by atoms with Crippen molar-refractivity contribution >= 4 is 27.3 Å². The molecule has 5 nitrogen and oxygen atoms in total. The Morgan fingerprint density at radius 3 is 2.81 bits per heavy atom. The van der Waals surface area contributed by atoms with Crippen LogP contribution in [0, 0.1) is 6.92 Å². The van der Waals surface area contributed by atoms with Crippen LogP contribution < -0.4 is 4.90 Å². The Balaban J connectivity index is 1.97. The summed E-state index contributed by atoms with van der Waals surface area (Å²) in [4.78, 5) is 2.30. The second kappa shape index (κ2) is 5.52. The van der Waals surface area contributed by atoms with Crippen molar-refractivity contribution in [3.8, 4) is 0 Å². The van der Waals surface area contributed by atoms with Gasteiger partial charge in [-0.1, -0.05) is 23.4 Å². The summed E-state index contributed by atoms with van der Waals surface area (Å²) in [6.07, 6.45) is 0.738. The molecule has 0 unspecified atom stereocenters. The summed E-state index contributed by atoms with van der Waals surface area (Å²) in [5.74, 6) is 0. The van der Waals surface area contributed by atoms with E-state index in [0.29, 0.717) is 0 Å². The molecule has 0 aliphatic carbocycles. The minimum absolute atomic E-state index is 0.738. The van der Waals surface area contributed by atoms with Crippen molar-refractivity contribution in [2.45, 2.75) is 19.9 Å². The quantitative estimate of drug-likeness (QED) is 0.670. The molecule has 21 heavy (non-hydrogen) atoms. The van der Waals surface area contributed by atoms with Crippen LogP contribution in [0.1, 0.15) is 23.4 Å². The highest BCUT2D eigenvalue weighted by Crippen LogP contribution is 2.30. The molecule has 0 amide bonds. The Labute approximate surface area is 132 Å². The van der Waals surface area contributed by atoms with Gasteiger partial charge in [0.1, 0.15) is 0 Å². The Morgan fingerprint density at radius 1 is 1.38 bits per heavy atom. The van der Waals surface area contributed by atoms with E-state index in [4.69, 9.17) is 5.21 Å². The predicted octanol–water partition coefficient (Wildman–Crippen LogP) is 3.08. The van der Waals surface area contributed by atoms with Gasteiger partial charge in [0.05, 0.1) is 28.1 Å². The fraction of sp³-hybridized carbons (Fsp3) is 0.333. The maximum absolute atomic E-state index is 9.15. The summed E-state index contributed by atoms with van der Waals surface area (Å²) in [5, 5.41) is 17.0. The number of halogens is 1. The third-order valence-corrected chi connectivity index (χ3v) is 4.93. The van der Waals surface area contributed by atoms with Gasteiger partial charge in [-0.2, -0.15) is 5.10 Å². The number of oxime groups is 1. The SMILES string of the molecule is Cc1nn(C)c(CN2CCC(=NO)c3ccccc32)c1Br. The van der Waals surface area contributed by atoms with E-state index in [0.717, 1.165) is 52.3 Å². The number of benzene rings is 1. The molecule has 1 aromatic heterocycles. The van der Waals surface area contributed by atoms with Crippen LogP contribution in [0.5, 0.6) is 0 Å². The first kappa shape index (κ1) is 14.1. The molecule has 0 saturated carbocycles. The van der Waals surface area contributed by atoms with Crippen molar-refractivity contribution in [2.24, 2.45) is 12.2 Å². The molecule has 0 bridgehead atoms. The second-order valence-corrected chi connectivity index (χ2v) is 6.00. The minimum Gasteiger partial charge on any atom is -0.411 e. The van der Waals surface area contributed by atoms with E-state index in [1.54, 1.807) is 0 Å². The van der Waals surface area contributed by atoms with Crippen LogP contribution in [0.2, 0.25) is 0 Å². The molecule has 0 spiro atoms. The van der Waals surface area contributed by atoms with Crippen LogP contribution in [0.25, 0.3) is 0 Å². The topological polar surface area (TPSA) is 53.7 Å². The predicted molar refractivity (Wildman–Crippen MR) is 86.1 cm³/mol. The maximum Gasteiger partial charge on any atom is 0.0906 e. The van der Waals surface area contributed by atoms with Crippen molar-refractivity contribution < 1.29 is 5.21 Å². The maximum atomic E-state index is 9.15. The van der Waals surface area contributed by atoms with E-state index in [9.17, 15) is 0 Å². The Kier molecular flexibility index (Phi) is 3.71. The highest BCUT2D eigenvalue weighted by molar-refractivity contribution is 9.10. The van der Waals surface area contributed by atoms with E-state index < -0.39 is 0 Å². The van der Waals surface area contributed by atoms with Crippen molar-refractivity contribution in [3.05, 3.63) is 45.7 Å². The van der Waals surface area contributed by atoms with Crippen molar-refractivity contribution in [1.82, 2.24) is 9.78 Å². The average molecular weight is 349 g/mol. The molecule has 2 aromatic rings. The van der Waals surface area contributed by atoms with Gasteiger partial charge in [0.25, 0.3) is 0 Å². The van der Waals surface area contributed by atoms with Crippen LogP contribution in [0.3, 0.4) is 0 Å². The number of rotatable bonds is 2. The standard InChI is InChI=1S/C15H17BrN4O/c1-10-15(16)14(19(2)17-10)9-20-8-7-12(18-21)11-5-3-4-6-13(11)20/h3-6,21H,7-9H2,1-2H3. The molecule has 0 saturated heterocycles. The number of aryl methyl sites for hydroxylation is 2. The number of nitrogens with zero attached hydrogens (tertiary/aromatic N) is 4. The zero-order chi connectivity index (χ0) is 15.0. The van der Waals surface area contributed by atoms with Gasteiger partial charge >= 0.3 is 0 Å². The van der Waals surface area contributed by atoms with Crippen LogP contribution in [0.4, 0.5) is 5.69 Å². The first-order valence-corrected chi connectivity index (χ1v) is 7.64. The monoisotopic (exact) mass is 348 g/mol. The lowest BCUT2D eigenvalue weighted by Crippen LogP contribution is -2.32. The lowest BCUT2D eigenvalue weighted by Gasteiger charge is -2.31. The Morgan fingerprint density at radius 2 is 2.14 bits per heavy atom.